The van der Waals surface area contributed by atoms with Gasteiger partial charge in [-0.3, -0.25) is 0 Å². The van der Waals surface area contributed by atoms with Gasteiger partial charge in [0, 0.05) is 18.6 Å². The topological polar surface area (TPSA) is 35.2 Å². The number of nitrogens with two attached hydrogens (primary N) is 1. The van der Waals surface area contributed by atoms with Gasteiger partial charge >= 0.3 is 0 Å². The maximum absolute atomic E-state index is 6.18. The summed E-state index contributed by atoms with van der Waals surface area (Å²) in [5.41, 5.74) is 7.25. The summed E-state index contributed by atoms with van der Waals surface area (Å²) in [7, 11) is 0. The Morgan fingerprint density at radius 3 is 3.00 bits per heavy atom. The highest BCUT2D eigenvalue weighted by Gasteiger charge is 2.31. The summed E-state index contributed by atoms with van der Waals surface area (Å²) in [6.45, 7) is 2.90. The summed E-state index contributed by atoms with van der Waals surface area (Å²) in [5, 5.41) is 1.98. The third-order valence-corrected chi connectivity index (χ3v) is 4.10. The predicted octanol–water partition coefficient (Wildman–Crippen LogP) is 2.83. The molecule has 4 heteroatoms. The van der Waals surface area contributed by atoms with E-state index in [9.17, 15) is 0 Å². The van der Waals surface area contributed by atoms with E-state index in [-0.39, 0.29) is 12.1 Å². The summed E-state index contributed by atoms with van der Waals surface area (Å²) in [6.07, 6.45) is 1.29. The lowest BCUT2D eigenvalue weighted by atomic mass is 9.90. The van der Waals surface area contributed by atoms with E-state index in [2.05, 4.69) is 6.92 Å². The zero-order valence-corrected chi connectivity index (χ0v) is 9.65. The fourth-order valence-electron chi connectivity index (χ4n) is 1.99. The van der Waals surface area contributed by atoms with Gasteiger partial charge in [-0.25, -0.2) is 0 Å². The molecule has 0 amide bonds. The summed E-state index contributed by atoms with van der Waals surface area (Å²) in [6, 6.07) is 2.04. The molecule has 3 unspecified atom stereocenters. The van der Waals surface area contributed by atoms with Crippen molar-refractivity contribution in [3.63, 3.8) is 0 Å². The molecule has 0 aliphatic carbocycles. The smallest absolute Gasteiger partial charge is 0.0976 e. The van der Waals surface area contributed by atoms with Crippen LogP contribution in [-0.2, 0) is 4.74 Å². The average molecular weight is 232 g/mol. The SMILES string of the molecule is CC1OCCC1C(N)c1ccsc1Cl. The van der Waals surface area contributed by atoms with Crippen molar-refractivity contribution in [2.45, 2.75) is 25.5 Å². The van der Waals surface area contributed by atoms with Crippen molar-refractivity contribution < 1.29 is 4.74 Å². The van der Waals surface area contributed by atoms with Crippen molar-refractivity contribution in [1.29, 1.82) is 0 Å². The molecule has 1 aliphatic rings. The second kappa shape index (κ2) is 4.19. The number of ether oxygens (including phenoxy) is 1. The van der Waals surface area contributed by atoms with Crippen molar-refractivity contribution in [2.75, 3.05) is 6.61 Å². The van der Waals surface area contributed by atoms with Crippen LogP contribution in [0.1, 0.15) is 24.9 Å². The number of hydrogen-bond donors (Lipinski definition) is 1. The van der Waals surface area contributed by atoms with E-state index >= 15 is 0 Å². The van der Waals surface area contributed by atoms with Crippen molar-refractivity contribution in [2.24, 2.45) is 11.7 Å². The molecule has 1 aromatic rings. The van der Waals surface area contributed by atoms with E-state index in [4.69, 9.17) is 22.1 Å². The van der Waals surface area contributed by atoms with Gasteiger partial charge in [0.15, 0.2) is 0 Å². The second-order valence-electron chi connectivity index (χ2n) is 3.70. The van der Waals surface area contributed by atoms with Crippen LogP contribution >= 0.6 is 22.9 Å². The monoisotopic (exact) mass is 231 g/mol. The van der Waals surface area contributed by atoms with E-state index < -0.39 is 0 Å². The summed E-state index contributed by atoms with van der Waals surface area (Å²) < 4.78 is 6.32. The van der Waals surface area contributed by atoms with Gasteiger partial charge in [0.1, 0.15) is 0 Å². The van der Waals surface area contributed by atoms with Gasteiger partial charge in [0.25, 0.3) is 0 Å². The molecule has 3 atom stereocenters. The normalized spacial score (nSPS) is 29.4. The molecule has 1 saturated heterocycles. The van der Waals surface area contributed by atoms with Crippen LogP contribution in [-0.4, -0.2) is 12.7 Å². The summed E-state index contributed by atoms with van der Waals surface area (Å²) in [4.78, 5) is 0. The zero-order chi connectivity index (χ0) is 10.1. The lowest BCUT2D eigenvalue weighted by Gasteiger charge is -2.21. The molecule has 1 fully saturated rings. The molecular formula is C10H14ClNOS. The number of halogens is 1. The van der Waals surface area contributed by atoms with Crippen molar-refractivity contribution in [3.8, 4) is 0 Å². The first-order valence-electron chi connectivity index (χ1n) is 4.80. The highest BCUT2D eigenvalue weighted by molar-refractivity contribution is 7.14. The van der Waals surface area contributed by atoms with E-state index in [1.54, 1.807) is 0 Å². The average Bonchev–Trinajstić information content (AvgIpc) is 2.73. The minimum absolute atomic E-state index is 0.0197. The van der Waals surface area contributed by atoms with Crippen molar-refractivity contribution >= 4 is 22.9 Å². The molecule has 2 nitrogen and oxygen atoms in total. The largest absolute Gasteiger partial charge is 0.378 e. The molecule has 2 rings (SSSR count). The fourth-order valence-corrected chi connectivity index (χ4v) is 3.01. The van der Waals surface area contributed by atoms with Crippen LogP contribution in [0.2, 0.25) is 4.34 Å². The Balaban J connectivity index is 2.15. The quantitative estimate of drug-likeness (QED) is 0.850. The molecule has 14 heavy (non-hydrogen) atoms. The van der Waals surface area contributed by atoms with Gasteiger partial charge < -0.3 is 10.5 Å². The molecule has 1 aromatic heterocycles. The summed E-state index contributed by atoms with van der Waals surface area (Å²) in [5.74, 6) is 0.405. The number of rotatable bonds is 2. The molecule has 2 heterocycles. The Bertz CT molecular complexity index is 315. The minimum Gasteiger partial charge on any atom is -0.378 e. The first kappa shape index (κ1) is 10.4. The van der Waals surface area contributed by atoms with E-state index in [0.29, 0.717) is 5.92 Å². The van der Waals surface area contributed by atoms with E-state index in [1.807, 2.05) is 11.4 Å². The molecule has 2 N–H and O–H groups in total. The van der Waals surface area contributed by atoms with Crippen molar-refractivity contribution in [1.82, 2.24) is 0 Å². The molecule has 78 valence electrons. The van der Waals surface area contributed by atoms with Crippen LogP contribution in [0.15, 0.2) is 11.4 Å². The molecule has 0 aromatic carbocycles. The molecule has 0 bridgehead atoms. The van der Waals surface area contributed by atoms with Crippen LogP contribution < -0.4 is 5.73 Å². The van der Waals surface area contributed by atoms with Crippen LogP contribution in [0.25, 0.3) is 0 Å². The Morgan fingerprint density at radius 2 is 2.50 bits per heavy atom. The van der Waals surface area contributed by atoms with Gasteiger partial charge in [-0.15, -0.1) is 11.3 Å². The first-order valence-corrected chi connectivity index (χ1v) is 6.06. The highest BCUT2D eigenvalue weighted by atomic mass is 35.5. The zero-order valence-electron chi connectivity index (χ0n) is 8.07. The first-order chi connectivity index (χ1) is 6.70. The maximum atomic E-state index is 6.18. The van der Waals surface area contributed by atoms with Gasteiger partial charge in [-0.1, -0.05) is 11.6 Å². The third-order valence-electron chi connectivity index (χ3n) is 2.90. The Kier molecular flexibility index (Phi) is 3.12. The number of thiophene rings is 1. The molecule has 0 radical (unpaired) electrons. The standard InChI is InChI=1S/C10H14ClNOS/c1-6-7(2-4-13-6)9(12)8-3-5-14-10(8)11/h3,5-7,9H,2,4,12H2,1H3. The Hall–Kier alpha value is -0.0900. The molecule has 0 saturated carbocycles. The fraction of sp³-hybridized carbons (Fsp3) is 0.600. The molecular weight excluding hydrogens is 218 g/mol. The van der Waals surface area contributed by atoms with Gasteiger partial charge in [-0.05, 0) is 30.4 Å². The van der Waals surface area contributed by atoms with Crippen LogP contribution in [0.3, 0.4) is 0 Å². The van der Waals surface area contributed by atoms with Crippen LogP contribution in [0.5, 0.6) is 0 Å². The predicted molar refractivity (Wildman–Crippen MR) is 59.8 cm³/mol. The van der Waals surface area contributed by atoms with E-state index in [0.717, 1.165) is 22.9 Å². The number of hydrogen-bond acceptors (Lipinski definition) is 3. The third kappa shape index (κ3) is 1.82. The van der Waals surface area contributed by atoms with E-state index in [1.165, 1.54) is 11.3 Å². The van der Waals surface area contributed by atoms with Crippen LogP contribution in [0.4, 0.5) is 0 Å². The van der Waals surface area contributed by atoms with Crippen molar-refractivity contribution in [3.05, 3.63) is 21.3 Å². The Labute approximate surface area is 93.0 Å². The van der Waals surface area contributed by atoms with Crippen LogP contribution in [0, 0.1) is 5.92 Å². The summed E-state index contributed by atoms with van der Waals surface area (Å²) >= 11 is 7.60. The van der Waals surface area contributed by atoms with Gasteiger partial charge in [0.05, 0.1) is 10.4 Å². The minimum atomic E-state index is 0.0197. The molecule has 0 spiro atoms. The highest BCUT2D eigenvalue weighted by Crippen LogP contribution is 2.36. The second-order valence-corrected chi connectivity index (χ2v) is 5.22. The van der Waals surface area contributed by atoms with Gasteiger partial charge in [0.2, 0.25) is 0 Å². The molecule has 1 aliphatic heterocycles. The Morgan fingerprint density at radius 1 is 1.71 bits per heavy atom. The lowest BCUT2D eigenvalue weighted by Crippen LogP contribution is -2.26. The van der Waals surface area contributed by atoms with Gasteiger partial charge in [-0.2, -0.15) is 0 Å². The maximum Gasteiger partial charge on any atom is 0.0976 e. The lowest BCUT2D eigenvalue weighted by molar-refractivity contribution is 0.0995.